The minimum atomic E-state index is -0.137. The number of carbonyl (C=O) groups excluding carboxylic acids is 1. The van der Waals surface area contributed by atoms with Gasteiger partial charge in [-0.15, -0.1) is 0 Å². The van der Waals surface area contributed by atoms with E-state index in [0.29, 0.717) is 11.3 Å². The number of aromatic nitrogens is 4. The number of fused-ring (bicyclic) bond motifs is 1. The van der Waals surface area contributed by atoms with Crippen LogP contribution >= 0.6 is 0 Å². The Kier molecular flexibility index (Phi) is 3.76. The molecule has 0 spiro atoms. The predicted octanol–water partition coefficient (Wildman–Crippen LogP) is 1.09. The Bertz CT molecular complexity index is 930. The lowest BCUT2D eigenvalue weighted by Crippen LogP contribution is -2.40. The van der Waals surface area contributed by atoms with Gasteiger partial charge in [0.05, 0.1) is 29.0 Å². The number of likely N-dealkylation sites (tertiary alicyclic amines) is 1. The lowest BCUT2D eigenvalue weighted by atomic mass is 9.99. The van der Waals surface area contributed by atoms with E-state index in [0.717, 1.165) is 29.9 Å². The van der Waals surface area contributed by atoms with Gasteiger partial charge in [-0.3, -0.25) is 4.79 Å². The monoisotopic (exact) mass is 340 g/mol. The van der Waals surface area contributed by atoms with Crippen molar-refractivity contribution in [3.63, 3.8) is 0 Å². The highest BCUT2D eigenvalue weighted by molar-refractivity contribution is 5.97. The molecule has 8 nitrogen and oxygen atoms in total. The van der Waals surface area contributed by atoms with E-state index in [9.17, 15) is 4.79 Å². The van der Waals surface area contributed by atoms with Crippen LogP contribution in [0.2, 0.25) is 0 Å². The van der Waals surface area contributed by atoms with Crippen molar-refractivity contribution in [2.24, 2.45) is 7.05 Å². The van der Waals surface area contributed by atoms with Crippen LogP contribution in [0.25, 0.3) is 11.1 Å². The van der Waals surface area contributed by atoms with Gasteiger partial charge in [-0.05, 0) is 20.0 Å². The summed E-state index contributed by atoms with van der Waals surface area (Å²) in [6.45, 7) is 3.51. The molecule has 0 unspecified atom stereocenters. The molecule has 3 aromatic heterocycles. The fourth-order valence-corrected chi connectivity index (χ4v) is 3.49. The molecule has 0 aliphatic carbocycles. The molecule has 4 rings (SSSR count). The average molecular weight is 340 g/mol. The van der Waals surface area contributed by atoms with E-state index in [1.807, 2.05) is 24.7 Å². The molecular weight excluding hydrogens is 320 g/mol. The maximum absolute atomic E-state index is 12.7. The Morgan fingerprint density at radius 2 is 2.16 bits per heavy atom. The number of hydrogen-bond donors (Lipinski definition) is 1. The van der Waals surface area contributed by atoms with Crippen molar-refractivity contribution in [1.29, 1.82) is 0 Å². The maximum Gasteiger partial charge on any atom is 0.257 e. The quantitative estimate of drug-likeness (QED) is 0.768. The van der Waals surface area contributed by atoms with Crippen LogP contribution < -0.4 is 5.32 Å². The van der Waals surface area contributed by atoms with Gasteiger partial charge in [0.2, 0.25) is 0 Å². The Morgan fingerprint density at radius 3 is 2.92 bits per heavy atom. The predicted molar refractivity (Wildman–Crippen MR) is 91.2 cm³/mol. The molecule has 1 amide bonds. The van der Waals surface area contributed by atoms with Gasteiger partial charge >= 0.3 is 0 Å². The van der Waals surface area contributed by atoms with E-state index in [4.69, 9.17) is 4.52 Å². The molecule has 0 bridgehead atoms. The van der Waals surface area contributed by atoms with Crippen molar-refractivity contribution in [1.82, 2.24) is 29.9 Å². The topological polar surface area (TPSA) is 89.1 Å². The molecule has 4 heterocycles. The van der Waals surface area contributed by atoms with Crippen molar-refractivity contribution < 1.29 is 9.32 Å². The second-order valence-corrected chi connectivity index (χ2v) is 6.68. The summed E-state index contributed by atoms with van der Waals surface area (Å²) in [6.07, 6.45) is 5.19. The largest absolute Gasteiger partial charge is 0.347 e. The average Bonchev–Trinajstić information content (AvgIpc) is 3.27. The molecule has 1 aliphatic heterocycles. The second-order valence-electron chi connectivity index (χ2n) is 6.68. The number of nitrogens with one attached hydrogen (secondary N) is 1. The number of pyridine rings is 1. The van der Waals surface area contributed by atoms with E-state index in [1.165, 1.54) is 6.20 Å². The van der Waals surface area contributed by atoms with E-state index < -0.39 is 0 Å². The van der Waals surface area contributed by atoms with Crippen molar-refractivity contribution >= 4 is 17.0 Å². The molecule has 0 saturated carbocycles. The third kappa shape index (κ3) is 2.78. The van der Waals surface area contributed by atoms with Crippen LogP contribution in [0.15, 0.2) is 29.3 Å². The summed E-state index contributed by atoms with van der Waals surface area (Å²) < 4.78 is 7.11. The summed E-state index contributed by atoms with van der Waals surface area (Å²) in [7, 11) is 4.04. The summed E-state index contributed by atoms with van der Waals surface area (Å²) in [6, 6.07) is 1.80. The van der Waals surface area contributed by atoms with Crippen LogP contribution in [0.5, 0.6) is 0 Å². The van der Waals surface area contributed by atoms with Gasteiger partial charge in [0.25, 0.3) is 11.6 Å². The molecule has 3 aromatic rings. The Hall–Kier alpha value is -2.74. The molecule has 1 aliphatic rings. The van der Waals surface area contributed by atoms with Gasteiger partial charge in [0, 0.05) is 44.1 Å². The number of carbonyl (C=O) groups is 1. The first-order valence-electron chi connectivity index (χ1n) is 8.20. The van der Waals surface area contributed by atoms with Crippen molar-refractivity contribution in [3.05, 3.63) is 41.7 Å². The first-order chi connectivity index (χ1) is 12.0. The highest BCUT2D eigenvalue weighted by Gasteiger charge is 2.35. The SMILES string of the molecule is Cc1noc2ncc(C(=O)N[C@@H]3CN(C)C[C@H]3c3cncn3C)cc12. The van der Waals surface area contributed by atoms with E-state index >= 15 is 0 Å². The van der Waals surface area contributed by atoms with Gasteiger partial charge in [-0.1, -0.05) is 5.16 Å². The normalized spacial score (nSPS) is 21.1. The summed E-state index contributed by atoms with van der Waals surface area (Å²) in [5.74, 6) is 0.0675. The van der Waals surface area contributed by atoms with Crippen LogP contribution in [-0.4, -0.2) is 56.7 Å². The van der Waals surface area contributed by atoms with Gasteiger partial charge in [0.1, 0.15) is 0 Å². The van der Waals surface area contributed by atoms with E-state index in [2.05, 4.69) is 32.4 Å². The van der Waals surface area contributed by atoms with Crippen molar-refractivity contribution in [2.75, 3.05) is 20.1 Å². The molecular formula is C17H20N6O2. The molecule has 1 fully saturated rings. The molecule has 130 valence electrons. The van der Waals surface area contributed by atoms with Crippen molar-refractivity contribution in [3.8, 4) is 0 Å². The highest BCUT2D eigenvalue weighted by atomic mass is 16.5. The van der Waals surface area contributed by atoms with Crippen molar-refractivity contribution in [2.45, 2.75) is 18.9 Å². The zero-order valence-corrected chi connectivity index (χ0v) is 14.4. The molecule has 0 aromatic carbocycles. The summed E-state index contributed by atoms with van der Waals surface area (Å²) >= 11 is 0. The zero-order chi connectivity index (χ0) is 17.6. The number of nitrogens with zero attached hydrogens (tertiary/aromatic N) is 5. The summed E-state index contributed by atoms with van der Waals surface area (Å²) in [5, 5.41) is 7.80. The Morgan fingerprint density at radius 1 is 1.32 bits per heavy atom. The standard InChI is InChI=1S/C17H20N6O2/c1-10-12-4-11(5-19-17(12)25-21-10)16(24)20-14-8-22(2)7-13(14)15-6-18-9-23(15)3/h4-6,9,13-14H,7-8H2,1-3H3,(H,20,24)/t13-,14-/m1/s1. The lowest BCUT2D eigenvalue weighted by molar-refractivity contribution is 0.0935. The van der Waals surface area contributed by atoms with Gasteiger partial charge in [0.15, 0.2) is 0 Å². The zero-order valence-electron chi connectivity index (χ0n) is 14.4. The number of likely N-dealkylation sites (N-methyl/N-ethyl adjacent to an activating group) is 1. The third-order valence-electron chi connectivity index (χ3n) is 4.82. The lowest BCUT2D eigenvalue weighted by Gasteiger charge is -2.20. The fourth-order valence-electron chi connectivity index (χ4n) is 3.49. The van der Waals surface area contributed by atoms with Crippen LogP contribution in [-0.2, 0) is 7.05 Å². The molecule has 1 saturated heterocycles. The molecule has 8 heteroatoms. The first-order valence-corrected chi connectivity index (χ1v) is 8.20. The van der Waals surface area contributed by atoms with Crippen LogP contribution in [0.4, 0.5) is 0 Å². The maximum atomic E-state index is 12.7. The van der Waals surface area contributed by atoms with Gasteiger partial charge in [-0.2, -0.15) is 0 Å². The summed E-state index contributed by atoms with van der Waals surface area (Å²) in [5.41, 5.74) is 2.81. The van der Waals surface area contributed by atoms with Crippen LogP contribution in [0.3, 0.4) is 0 Å². The number of hydrogen-bond acceptors (Lipinski definition) is 6. The molecule has 2 atom stereocenters. The van der Waals surface area contributed by atoms with E-state index in [1.54, 1.807) is 12.4 Å². The molecule has 25 heavy (non-hydrogen) atoms. The molecule has 0 radical (unpaired) electrons. The van der Waals surface area contributed by atoms with Crippen LogP contribution in [0, 0.1) is 6.92 Å². The minimum absolute atomic E-state index is 0.0205. The highest BCUT2D eigenvalue weighted by Crippen LogP contribution is 2.26. The number of rotatable bonds is 3. The smallest absolute Gasteiger partial charge is 0.257 e. The Labute approximate surface area is 144 Å². The number of aryl methyl sites for hydroxylation is 2. The number of amides is 1. The molecule has 1 N–H and O–H groups in total. The Balaban J connectivity index is 1.58. The van der Waals surface area contributed by atoms with Gasteiger partial charge < -0.3 is 19.3 Å². The fraction of sp³-hybridized carbons (Fsp3) is 0.412. The minimum Gasteiger partial charge on any atom is -0.347 e. The van der Waals surface area contributed by atoms with E-state index in [-0.39, 0.29) is 17.9 Å². The first kappa shape index (κ1) is 15.8. The summed E-state index contributed by atoms with van der Waals surface area (Å²) in [4.78, 5) is 23.3. The third-order valence-corrected chi connectivity index (χ3v) is 4.82. The second kappa shape index (κ2) is 5.96. The van der Waals surface area contributed by atoms with Crippen LogP contribution in [0.1, 0.15) is 27.7 Å². The number of imidazole rings is 1. The van der Waals surface area contributed by atoms with Gasteiger partial charge in [-0.25, -0.2) is 9.97 Å².